The van der Waals surface area contributed by atoms with Gasteiger partial charge in [-0.2, -0.15) is 0 Å². The summed E-state index contributed by atoms with van der Waals surface area (Å²) in [4.78, 5) is 0. The highest BCUT2D eigenvalue weighted by Crippen LogP contribution is 2.13. The quantitative estimate of drug-likeness (QED) is 0.449. The Morgan fingerprint density at radius 3 is 2.25 bits per heavy atom. The van der Waals surface area contributed by atoms with Crippen LogP contribution in [0.25, 0.3) is 0 Å². The maximum Gasteiger partial charge on any atom is 0.501 e. The molecule has 0 saturated carbocycles. The first-order valence-corrected chi connectivity index (χ1v) is 8.12. The molecule has 0 heterocycles. The van der Waals surface area contributed by atoms with Gasteiger partial charge < -0.3 is 18.6 Å². The van der Waals surface area contributed by atoms with Gasteiger partial charge in [0.15, 0.2) is 0 Å². The molecular weight excluding hydrogens is 222 g/mol. The van der Waals surface area contributed by atoms with Gasteiger partial charge in [0.25, 0.3) is 0 Å². The van der Waals surface area contributed by atoms with E-state index in [0.717, 1.165) is 32.2 Å². The molecule has 1 N–H and O–H groups in total. The van der Waals surface area contributed by atoms with Gasteiger partial charge in [-0.05, 0) is 19.5 Å². The molecule has 0 amide bonds. The van der Waals surface area contributed by atoms with Crippen molar-refractivity contribution in [3.63, 3.8) is 0 Å². The van der Waals surface area contributed by atoms with Gasteiger partial charge in [-0.15, -0.1) is 0 Å². The summed E-state index contributed by atoms with van der Waals surface area (Å²) in [6.45, 7) is 6.87. The molecule has 5 heteroatoms. The van der Waals surface area contributed by atoms with Crippen molar-refractivity contribution >= 4 is 8.80 Å². The van der Waals surface area contributed by atoms with Crippen molar-refractivity contribution in [2.45, 2.75) is 39.2 Å². The van der Waals surface area contributed by atoms with Crippen LogP contribution in [0.5, 0.6) is 0 Å². The Morgan fingerprint density at radius 1 is 1.06 bits per heavy atom. The second-order valence-electron chi connectivity index (χ2n) is 3.75. The average molecular weight is 249 g/mol. The molecule has 4 nitrogen and oxygen atoms in total. The Morgan fingerprint density at radius 2 is 1.75 bits per heavy atom. The second-order valence-corrected chi connectivity index (χ2v) is 6.72. The van der Waals surface area contributed by atoms with Crippen molar-refractivity contribution < 1.29 is 13.3 Å². The minimum atomic E-state index is -2.39. The van der Waals surface area contributed by atoms with Crippen LogP contribution < -0.4 is 5.32 Å². The zero-order chi connectivity index (χ0) is 12.3. The molecule has 0 radical (unpaired) electrons. The van der Waals surface area contributed by atoms with Crippen LogP contribution in [0.4, 0.5) is 0 Å². The number of nitrogens with one attached hydrogen (secondary N) is 1. The van der Waals surface area contributed by atoms with Gasteiger partial charge in [-0.3, -0.25) is 0 Å². The number of unbranched alkanes of at least 4 members (excludes halogenated alkanes) is 2. The molecule has 0 spiro atoms. The van der Waals surface area contributed by atoms with Gasteiger partial charge in [0.05, 0.1) is 0 Å². The molecule has 98 valence electrons. The maximum atomic E-state index is 5.83. The fourth-order valence-corrected chi connectivity index (χ4v) is 3.37. The van der Waals surface area contributed by atoms with Crippen LogP contribution in [0.3, 0.4) is 0 Å². The highest BCUT2D eigenvalue weighted by atomic mass is 28.4. The molecule has 0 rings (SSSR count). The predicted molar refractivity (Wildman–Crippen MR) is 68.6 cm³/mol. The molecule has 0 bridgehead atoms. The smallest absolute Gasteiger partial charge is 0.377 e. The predicted octanol–water partition coefficient (Wildman–Crippen LogP) is 2.03. The van der Waals surface area contributed by atoms with Crippen LogP contribution in [-0.4, -0.2) is 42.7 Å². The monoisotopic (exact) mass is 249 g/mol. The van der Waals surface area contributed by atoms with Crippen molar-refractivity contribution in [2.75, 3.05) is 33.9 Å². The first-order valence-electron chi connectivity index (χ1n) is 6.19. The van der Waals surface area contributed by atoms with E-state index in [2.05, 4.69) is 19.2 Å². The Bertz CT molecular complexity index is 154. The van der Waals surface area contributed by atoms with Gasteiger partial charge in [0.1, 0.15) is 0 Å². The molecule has 0 aliphatic carbocycles. The first kappa shape index (κ1) is 16.1. The normalized spacial score (nSPS) is 12.0. The molecule has 0 aromatic carbocycles. The molecule has 0 aromatic heterocycles. The summed E-state index contributed by atoms with van der Waals surface area (Å²) < 4.78 is 16.8. The zero-order valence-corrected chi connectivity index (χ0v) is 12.2. The third-order valence-corrected chi connectivity index (χ3v) is 5.30. The Kier molecular flexibility index (Phi) is 10.3. The summed E-state index contributed by atoms with van der Waals surface area (Å²) in [7, 11) is 0.971. The summed E-state index contributed by atoms with van der Waals surface area (Å²) in [6, 6.07) is 0.833. The third-order valence-electron chi connectivity index (χ3n) is 2.55. The van der Waals surface area contributed by atoms with E-state index in [1.165, 1.54) is 12.8 Å². The van der Waals surface area contributed by atoms with Gasteiger partial charge in [0, 0.05) is 26.9 Å². The topological polar surface area (TPSA) is 39.7 Å². The van der Waals surface area contributed by atoms with Crippen LogP contribution in [-0.2, 0) is 13.3 Å². The second kappa shape index (κ2) is 10.2. The van der Waals surface area contributed by atoms with Gasteiger partial charge >= 0.3 is 8.80 Å². The minimum Gasteiger partial charge on any atom is -0.377 e. The van der Waals surface area contributed by atoms with Crippen LogP contribution in [0.15, 0.2) is 0 Å². The van der Waals surface area contributed by atoms with Crippen LogP contribution in [0, 0.1) is 0 Å². The molecule has 0 aromatic rings. The third kappa shape index (κ3) is 6.60. The Hall–Kier alpha value is 0.0569. The largest absolute Gasteiger partial charge is 0.501 e. The molecule has 0 atom stereocenters. The van der Waals surface area contributed by atoms with E-state index in [1.807, 2.05) is 0 Å². The Labute approximate surface area is 101 Å². The van der Waals surface area contributed by atoms with E-state index < -0.39 is 8.80 Å². The molecule has 0 unspecified atom stereocenters. The van der Waals surface area contributed by atoms with Gasteiger partial charge in [-0.1, -0.05) is 26.7 Å². The van der Waals surface area contributed by atoms with E-state index in [0.29, 0.717) is 0 Å². The van der Waals surface area contributed by atoms with Crippen molar-refractivity contribution in [3.8, 4) is 0 Å². The lowest BCUT2D eigenvalue weighted by molar-refractivity contribution is 0.0965. The highest BCUT2D eigenvalue weighted by Gasteiger charge is 2.38. The van der Waals surface area contributed by atoms with E-state index in [1.54, 1.807) is 14.2 Å². The molecule has 0 fully saturated rings. The van der Waals surface area contributed by atoms with Crippen molar-refractivity contribution in [1.29, 1.82) is 0 Å². The SMILES string of the molecule is CCCCCO[Si](CCNCC)(OC)OC. The molecule has 0 aliphatic heterocycles. The van der Waals surface area contributed by atoms with Crippen LogP contribution >= 0.6 is 0 Å². The molecule has 0 aliphatic rings. The zero-order valence-electron chi connectivity index (χ0n) is 11.2. The highest BCUT2D eigenvalue weighted by molar-refractivity contribution is 6.60. The van der Waals surface area contributed by atoms with Crippen molar-refractivity contribution in [2.24, 2.45) is 0 Å². The summed E-state index contributed by atoms with van der Waals surface area (Å²) in [5.74, 6) is 0. The molecule has 16 heavy (non-hydrogen) atoms. The minimum absolute atomic E-state index is 0.744. The van der Waals surface area contributed by atoms with Crippen molar-refractivity contribution in [1.82, 2.24) is 5.32 Å². The van der Waals surface area contributed by atoms with Gasteiger partial charge in [-0.25, -0.2) is 0 Å². The summed E-state index contributed by atoms with van der Waals surface area (Å²) in [5, 5.41) is 3.27. The van der Waals surface area contributed by atoms with Crippen LogP contribution in [0.1, 0.15) is 33.1 Å². The number of rotatable bonds is 11. The van der Waals surface area contributed by atoms with E-state index in [-0.39, 0.29) is 0 Å². The number of hydrogen-bond donors (Lipinski definition) is 1. The summed E-state index contributed by atoms with van der Waals surface area (Å²) >= 11 is 0. The van der Waals surface area contributed by atoms with Crippen molar-refractivity contribution in [3.05, 3.63) is 0 Å². The lowest BCUT2D eigenvalue weighted by Gasteiger charge is -2.26. The lowest BCUT2D eigenvalue weighted by Crippen LogP contribution is -2.46. The fraction of sp³-hybridized carbons (Fsp3) is 1.00. The van der Waals surface area contributed by atoms with Crippen LogP contribution in [0.2, 0.25) is 6.04 Å². The summed E-state index contributed by atoms with van der Waals surface area (Å²) in [6.07, 6.45) is 3.49. The van der Waals surface area contributed by atoms with E-state index >= 15 is 0 Å². The standard InChI is InChI=1S/C11H27NO3Si/c1-5-7-8-10-15-16(13-3,14-4)11-9-12-6-2/h12H,5-11H2,1-4H3. The molecular formula is C11H27NO3Si. The van der Waals surface area contributed by atoms with E-state index in [9.17, 15) is 0 Å². The first-order chi connectivity index (χ1) is 7.74. The maximum absolute atomic E-state index is 5.83. The lowest BCUT2D eigenvalue weighted by atomic mass is 10.3. The van der Waals surface area contributed by atoms with E-state index in [4.69, 9.17) is 13.3 Å². The molecule has 0 saturated heterocycles. The fourth-order valence-electron chi connectivity index (χ4n) is 1.48. The number of hydrogen-bond acceptors (Lipinski definition) is 4. The van der Waals surface area contributed by atoms with Gasteiger partial charge in [0.2, 0.25) is 0 Å². The average Bonchev–Trinajstić information content (AvgIpc) is 2.33. The summed E-state index contributed by atoms with van der Waals surface area (Å²) in [5.41, 5.74) is 0. The Balaban J connectivity index is 3.90.